The van der Waals surface area contributed by atoms with E-state index in [1.807, 2.05) is 23.1 Å². The average Bonchev–Trinajstić information content (AvgIpc) is 2.66. The Bertz CT molecular complexity index is 580. The van der Waals surface area contributed by atoms with Gasteiger partial charge in [0.15, 0.2) is 11.5 Å². The van der Waals surface area contributed by atoms with Crippen molar-refractivity contribution in [2.75, 3.05) is 45.1 Å². The van der Waals surface area contributed by atoms with Gasteiger partial charge in [-0.2, -0.15) is 0 Å². The molecule has 0 saturated carbocycles. The highest BCUT2D eigenvalue weighted by atomic mass is 35.5. The molecule has 0 bridgehead atoms. The Hall–Kier alpha value is -1.11. The van der Waals surface area contributed by atoms with Gasteiger partial charge in [0.25, 0.3) is 0 Å². The number of halogens is 1. The van der Waals surface area contributed by atoms with Gasteiger partial charge in [-0.3, -0.25) is 4.79 Å². The SMILES string of the molecule is CCNCC1CCN(C(=O)CCSc2ccc3c(c2)OCCO3)CC1.Cl. The molecule has 0 unspecified atom stereocenters. The normalized spacial score (nSPS) is 16.9. The molecular weight excluding hydrogens is 372 g/mol. The minimum absolute atomic E-state index is 0. The Morgan fingerprint density at radius 3 is 2.69 bits per heavy atom. The highest BCUT2D eigenvalue weighted by molar-refractivity contribution is 7.99. The van der Waals surface area contributed by atoms with Gasteiger partial charge in [0, 0.05) is 30.2 Å². The first-order valence-electron chi connectivity index (χ1n) is 9.27. The molecular formula is C19H29ClN2O3S. The van der Waals surface area contributed by atoms with Crippen LogP contribution in [0.2, 0.25) is 0 Å². The fourth-order valence-electron chi connectivity index (χ4n) is 3.26. The van der Waals surface area contributed by atoms with Crippen molar-refractivity contribution in [1.29, 1.82) is 0 Å². The van der Waals surface area contributed by atoms with Gasteiger partial charge in [0.05, 0.1) is 0 Å². The van der Waals surface area contributed by atoms with Crippen molar-refractivity contribution in [3.05, 3.63) is 18.2 Å². The van der Waals surface area contributed by atoms with E-state index < -0.39 is 0 Å². The van der Waals surface area contributed by atoms with Crippen molar-refractivity contribution >= 4 is 30.1 Å². The molecule has 2 aliphatic heterocycles. The predicted octanol–water partition coefficient (Wildman–Crippen LogP) is 3.21. The van der Waals surface area contributed by atoms with Crippen LogP contribution in [0.25, 0.3) is 0 Å². The van der Waals surface area contributed by atoms with Crippen molar-refractivity contribution in [2.24, 2.45) is 5.92 Å². The molecule has 1 aromatic rings. The van der Waals surface area contributed by atoms with Crippen molar-refractivity contribution in [3.8, 4) is 11.5 Å². The maximum atomic E-state index is 12.4. The van der Waals surface area contributed by atoms with E-state index in [0.717, 1.165) is 67.1 Å². The molecule has 0 radical (unpaired) electrons. The maximum Gasteiger partial charge on any atom is 0.223 e. The first-order valence-corrected chi connectivity index (χ1v) is 10.3. The van der Waals surface area contributed by atoms with E-state index in [2.05, 4.69) is 12.2 Å². The molecule has 2 aliphatic rings. The standard InChI is InChI=1S/C19H28N2O3S.ClH/c1-2-20-14-15-5-8-21(9-6-15)19(22)7-12-25-16-3-4-17-18(13-16)24-11-10-23-17;/h3-4,13,15,20H,2,5-12,14H2,1H3;1H. The lowest BCUT2D eigenvalue weighted by Gasteiger charge is -2.32. The van der Waals surface area contributed by atoms with E-state index in [0.29, 0.717) is 19.6 Å². The molecule has 26 heavy (non-hydrogen) atoms. The number of nitrogens with zero attached hydrogens (tertiary/aromatic N) is 1. The Kier molecular flexibility index (Phi) is 8.88. The first-order chi connectivity index (χ1) is 12.3. The summed E-state index contributed by atoms with van der Waals surface area (Å²) in [6.07, 6.45) is 2.83. The van der Waals surface area contributed by atoms with E-state index in [-0.39, 0.29) is 18.3 Å². The Labute approximate surface area is 166 Å². The van der Waals surface area contributed by atoms with Gasteiger partial charge in [0.1, 0.15) is 13.2 Å². The number of fused-ring (bicyclic) bond motifs is 1. The number of rotatable bonds is 7. The number of ether oxygens (including phenoxy) is 2. The number of hydrogen-bond donors (Lipinski definition) is 1. The molecule has 0 aromatic heterocycles. The van der Waals surface area contributed by atoms with Crippen molar-refractivity contribution in [2.45, 2.75) is 31.1 Å². The van der Waals surface area contributed by atoms with Crippen LogP contribution < -0.4 is 14.8 Å². The monoisotopic (exact) mass is 400 g/mol. The van der Waals surface area contributed by atoms with E-state index in [1.54, 1.807) is 11.8 Å². The molecule has 1 aromatic carbocycles. The fraction of sp³-hybridized carbons (Fsp3) is 0.632. The third kappa shape index (κ3) is 5.96. The molecule has 1 saturated heterocycles. The second-order valence-corrected chi connectivity index (χ2v) is 7.70. The number of thioether (sulfide) groups is 1. The zero-order valence-electron chi connectivity index (χ0n) is 15.4. The molecule has 2 heterocycles. The van der Waals surface area contributed by atoms with E-state index in [1.165, 1.54) is 0 Å². The number of carbonyl (C=O) groups is 1. The minimum Gasteiger partial charge on any atom is -0.486 e. The summed E-state index contributed by atoms with van der Waals surface area (Å²) in [6, 6.07) is 6.00. The summed E-state index contributed by atoms with van der Waals surface area (Å²) in [5, 5.41) is 3.41. The lowest BCUT2D eigenvalue weighted by Crippen LogP contribution is -2.40. The minimum atomic E-state index is 0. The molecule has 0 atom stereocenters. The van der Waals surface area contributed by atoms with Crippen LogP contribution in [0.15, 0.2) is 23.1 Å². The number of hydrogen-bond acceptors (Lipinski definition) is 5. The lowest BCUT2D eigenvalue weighted by molar-refractivity contribution is -0.132. The highest BCUT2D eigenvalue weighted by Crippen LogP contribution is 2.34. The number of likely N-dealkylation sites (tertiary alicyclic amines) is 1. The molecule has 0 aliphatic carbocycles. The maximum absolute atomic E-state index is 12.4. The quantitative estimate of drug-likeness (QED) is 0.712. The molecule has 3 rings (SSSR count). The molecule has 5 nitrogen and oxygen atoms in total. The molecule has 1 N–H and O–H groups in total. The van der Waals surface area contributed by atoms with Gasteiger partial charge in [-0.15, -0.1) is 24.2 Å². The summed E-state index contributed by atoms with van der Waals surface area (Å²) in [5.41, 5.74) is 0. The summed E-state index contributed by atoms with van der Waals surface area (Å²) < 4.78 is 11.1. The smallest absolute Gasteiger partial charge is 0.223 e. The van der Waals surface area contributed by atoms with Crippen LogP contribution in [0.4, 0.5) is 0 Å². The van der Waals surface area contributed by atoms with Crippen LogP contribution in [-0.4, -0.2) is 56.0 Å². The van der Waals surface area contributed by atoms with Crippen LogP contribution in [0.1, 0.15) is 26.2 Å². The number of piperidine rings is 1. The molecule has 0 spiro atoms. The van der Waals surface area contributed by atoms with Gasteiger partial charge in [-0.25, -0.2) is 0 Å². The third-order valence-electron chi connectivity index (χ3n) is 4.75. The topological polar surface area (TPSA) is 50.8 Å². The van der Waals surface area contributed by atoms with E-state index >= 15 is 0 Å². The molecule has 1 fully saturated rings. The number of benzene rings is 1. The zero-order valence-corrected chi connectivity index (χ0v) is 17.0. The van der Waals surface area contributed by atoms with Crippen LogP contribution in [0.5, 0.6) is 11.5 Å². The van der Waals surface area contributed by atoms with Crippen LogP contribution in [0, 0.1) is 5.92 Å². The molecule has 7 heteroatoms. The van der Waals surface area contributed by atoms with Gasteiger partial charge in [-0.05, 0) is 50.0 Å². The fourth-order valence-corrected chi connectivity index (χ4v) is 4.13. The van der Waals surface area contributed by atoms with Crippen LogP contribution >= 0.6 is 24.2 Å². The Morgan fingerprint density at radius 1 is 1.23 bits per heavy atom. The van der Waals surface area contributed by atoms with E-state index in [4.69, 9.17) is 9.47 Å². The molecule has 1 amide bonds. The predicted molar refractivity (Wildman–Crippen MR) is 108 cm³/mol. The second kappa shape index (κ2) is 10.9. The molecule has 146 valence electrons. The van der Waals surface area contributed by atoms with Crippen LogP contribution in [-0.2, 0) is 4.79 Å². The summed E-state index contributed by atoms with van der Waals surface area (Å²) in [7, 11) is 0. The van der Waals surface area contributed by atoms with Gasteiger partial charge < -0.3 is 19.7 Å². The summed E-state index contributed by atoms with van der Waals surface area (Å²) in [5.74, 6) is 3.43. The lowest BCUT2D eigenvalue weighted by atomic mass is 9.96. The van der Waals surface area contributed by atoms with Crippen molar-refractivity contribution in [3.63, 3.8) is 0 Å². The Balaban J connectivity index is 0.00000243. The summed E-state index contributed by atoms with van der Waals surface area (Å²) >= 11 is 1.70. The Morgan fingerprint density at radius 2 is 1.96 bits per heavy atom. The van der Waals surface area contributed by atoms with Crippen molar-refractivity contribution in [1.82, 2.24) is 10.2 Å². The van der Waals surface area contributed by atoms with Crippen LogP contribution in [0.3, 0.4) is 0 Å². The van der Waals surface area contributed by atoms with E-state index in [9.17, 15) is 4.79 Å². The van der Waals surface area contributed by atoms with Crippen molar-refractivity contribution < 1.29 is 14.3 Å². The summed E-state index contributed by atoms with van der Waals surface area (Å²) in [4.78, 5) is 15.6. The number of nitrogens with one attached hydrogen (secondary N) is 1. The summed E-state index contributed by atoms with van der Waals surface area (Å²) in [6.45, 7) is 7.27. The number of amides is 1. The number of carbonyl (C=O) groups excluding carboxylic acids is 1. The van der Waals surface area contributed by atoms with Gasteiger partial charge >= 0.3 is 0 Å². The van der Waals surface area contributed by atoms with Gasteiger partial charge in [0.2, 0.25) is 5.91 Å². The third-order valence-corrected chi connectivity index (χ3v) is 5.74. The second-order valence-electron chi connectivity index (χ2n) is 6.54. The largest absolute Gasteiger partial charge is 0.486 e. The first kappa shape index (κ1) is 21.2. The highest BCUT2D eigenvalue weighted by Gasteiger charge is 2.22. The van der Waals surface area contributed by atoms with Gasteiger partial charge in [-0.1, -0.05) is 6.92 Å². The zero-order chi connectivity index (χ0) is 17.5. The average molecular weight is 401 g/mol.